The lowest BCUT2D eigenvalue weighted by Gasteiger charge is -2.14. The van der Waals surface area contributed by atoms with E-state index >= 15 is 0 Å². The highest BCUT2D eigenvalue weighted by molar-refractivity contribution is 6.34. The first-order valence-electron chi connectivity index (χ1n) is 6.07. The van der Waals surface area contributed by atoms with Crippen molar-refractivity contribution in [2.75, 3.05) is 12.4 Å². The molecule has 7 heteroatoms. The minimum atomic E-state index is -1.15. The van der Waals surface area contributed by atoms with Gasteiger partial charge in [0, 0.05) is 12.1 Å². The van der Waals surface area contributed by atoms with Gasteiger partial charge in [0.15, 0.2) is 0 Å². The summed E-state index contributed by atoms with van der Waals surface area (Å²) in [6.45, 7) is 3.82. The van der Waals surface area contributed by atoms with Crippen molar-refractivity contribution in [3.63, 3.8) is 0 Å². The van der Waals surface area contributed by atoms with Crippen LogP contribution in [0.3, 0.4) is 0 Å². The number of carbonyl (C=O) groups is 2. The van der Waals surface area contributed by atoms with Crippen LogP contribution in [0.1, 0.15) is 30.6 Å². The van der Waals surface area contributed by atoms with E-state index in [1.165, 1.54) is 19.2 Å². The molecule has 110 valence electrons. The molecule has 0 aliphatic carbocycles. The number of nitrogens with one attached hydrogen (secondary N) is 2. The molecule has 0 heterocycles. The summed E-state index contributed by atoms with van der Waals surface area (Å²) in [6.07, 6.45) is 0.794. The lowest BCUT2D eigenvalue weighted by atomic mass is 10.2. The molecule has 20 heavy (non-hydrogen) atoms. The third-order valence-corrected chi connectivity index (χ3v) is 3.07. The Morgan fingerprint density at radius 2 is 2.10 bits per heavy atom. The Balaban J connectivity index is 2.96. The predicted octanol–water partition coefficient (Wildman–Crippen LogP) is 2.97. The predicted molar refractivity (Wildman–Crippen MR) is 76.9 cm³/mol. The summed E-state index contributed by atoms with van der Waals surface area (Å²) >= 11 is 5.96. The number of carboxylic acid groups (broad SMARTS) is 1. The molecule has 0 saturated heterocycles. The number of carbonyl (C=O) groups excluding carboxylic acids is 1. The normalized spacial score (nSPS) is 11.6. The number of rotatable bonds is 5. The number of methoxy groups -OCH3 is 1. The first-order valence-corrected chi connectivity index (χ1v) is 6.45. The van der Waals surface area contributed by atoms with E-state index in [1.807, 2.05) is 13.8 Å². The largest absolute Gasteiger partial charge is 0.496 e. The Hall–Kier alpha value is -1.95. The summed E-state index contributed by atoms with van der Waals surface area (Å²) in [7, 11) is 1.35. The minimum absolute atomic E-state index is 0.0222. The van der Waals surface area contributed by atoms with Crippen LogP contribution in [0.2, 0.25) is 5.02 Å². The molecule has 0 aromatic heterocycles. The van der Waals surface area contributed by atoms with Gasteiger partial charge in [0.2, 0.25) is 0 Å². The molecule has 0 bridgehead atoms. The molecule has 0 aliphatic rings. The number of hydrogen-bond acceptors (Lipinski definition) is 3. The van der Waals surface area contributed by atoms with Gasteiger partial charge < -0.3 is 20.5 Å². The van der Waals surface area contributed by atoms with Crippen molar-refractivity contribution in [3.05, 3.63) is 22.7 Å². The van der Waals surface area contributed by atoms with E-state index in [1.54, 1.807) is 0 Å². The molecule has 3 N–H and O–H groups in total. The molecular weight excluding hydrogens is 284 g/mol. The standard InChI is InChI=1S/C13H17ClN2O4/c1-4-7(2)15-13(19)16-10-6-11(20-3)8(12(17)18)5-9(10)14/h5-7H,4H2,1-3H3,(H,17,18)(H2,15,16,19). The van der Waals surface area contributed by atoms with Crippen LogP contribution in [0.5, 0.6) is 5.75 Å². The van der Waals surface area contributed by atoms with Crippen molar-refractivity contribution < 1.29 is 19.4 Å². The number of hydrogen-bond donors (Lipinski definition) is 3. The van der Waals surface area contributed by atoms with Crippen molar-refractivity contribution in [1.29, 1.82) is 0 Å². The van der Waals surface area contributed by atoms with Gasteiger partial charge in [-0.3, -0.25) is 0 Å². The molecule has 2 amide bonds. The monoisotopic (exact) mass is 300 g/mol. The van der Waals surface area contributed by atoms with Crippen molar-refractivity contribution in [3.8, 4) is 5.75 Å². The molecule has 0 radical (unpaired) electrons. The summed E-state index contributed by atoms with van der Waals surface area (Å²) in [4.78, 5) is 22.7. The summed E-state index contributed by atoms with van der Waals surface area (Å²) in [6, 6.07) is 2.23. The maximum atomic E-state index is 11.7. The van der Waals surface area contributed by atoms with Gasteiger partial charge in [0.05, 0.1) is 17.8 Å². The first-order chi connectivity index (χ1) is 9.38. The van der Waals surface area contributed by atoms with Crippen LogP contribution < -0.4 is 15.4 Å². The van der Waals surface area contributed by atoms with Crippen molar-refractivity contribution in [2.45, 2.75) is 26.3 Å². The van der Waals surface area contributed by atoms with Crippen molar-refractivity contribution in [1.82, 2.24) is 5.32 Å². The molecule has 0 aliphatic heterocycles. The van der Waals surface area contributed by atoms with Crippen LogP contribution in [0.15, 0.2) is 12.1 Å². The molecular formula is C13H17ClN2O4. The maximum absolute atomic E-state index is 11.7. The molecule has 0 spiro atoms. The Morgan fingerprint density at radius 1 is 1.45 bits per heavy atom. The highest BCUT2D eigenvalue weighted by Crippen LogP contribution is 2.30. The number of amides is 2. The summed E-state index contributed by atoms with van der Waals surface area (Å²) < 4.78 is 4.97. The van der Waals surface area contributed by atoms with Gasteiger partial charge in [-0.1, -0.05) is 18.5 Å². The highest BCUT2D eigenvalue weighted by Gasteiger charge is 2.16. The van der Waals surface area contributed by atoms with Crippen molar-refractivity contribution in [2.24, 2.45) is 0 Å². The average Bonchev–Trinajstić information content (AvgIpc) is 2.40. The number of halogens is 1. The van der Waals surface area contributed by atoms with E-state index in [9.17, 15) is 9.59 Å². The van der Waals surface area contributed by atoms with E-state index in [0.29, 0.717) is 0 Å². The van der Waals surface area contributed by atoms with Crippen LogP contribution in [-0.4, -0.2) is 30.3 Å². The van der Waals surface area contributed by atoms with E-state index < -0.39 is 12.0 Å². The Labute approximate surface area is 122 Å². The average molecular weight is 301 g/mol. The fraction of sp³-hybridized carbons (Fsp3) is 0.385. The molecule has 6 nitrogen and oxygen atoms in total. The topological polar surface area (TPSA) is 87.7 Å². The van der Waals surface area contributed by atoms with Crippen LogP contribution in [0.25, 0.3) is 0 Å². The Kier molecular flexibility index (Phi) is 5.64. The number of carboxylic acids is 1. The van der Waals surface area contributed by atoms with Crippen LogP contribution in [-0.2, 0) is 0 Å². The van der Waals surface area contributed by atoms with Gasteiger partial charge in [-0.2, -0.15) is 0 Å². The van der Waals surface area contributed by atoms with E-state index in [2.05, 4.69) is 10.6 Å². The Bertz CT molecular complexity index is 519. The number of urea groups is 1. The van der Waals surface area contributed by atoms with Gasteiger partial charge in [-0.25, -0.2) is 9.59 Å². The fourth-order valence-electron chi connectivity index (χ4n) is 1.47. The number of benzene rings is 1. The molecule has 0 fully saturated rings. The number of anilines is 1. The second-order valence-corrected chi connectivity index (χ2v) is 4.65. The Morgan fingerprint density at radius 3 is 2.60 bits per heavy atom. The third-order valence-electron chi connectivity index (χ3n) is 2.76. The smallest absolute Gasteiger partial charge is 0.339 e. The number of ether oxygens (including phenoxy) is 1. The van der Waals surface area contributed by atoms with Crippen LogP contribution in [0, 0.1) is 0 Å². The quantitative estimate of drug-likeness (QED) is 0.780. The first kappa shape index (κ1) is 16.1. The molecule has 1 aromatic rings. The van der Waals surface area contributed by atoms with Gasteiger partial charge >= 0.3 is 12.0 Å². The lowest BCUT2D eigenvalue weighted by Crippen LogP contribution is -2.35. The molecule has 0 saturated carbocycles. The summed E-state index contributed by atoms with van der Waals surface area (Å²) in [5, 5.41) is 14.4. The zero-order valence-electron chi connectivity index (χ0n) is 11.5. The van der Waals surface area contributed by atoms with E-state index in [-0.39, 0.29) is 28.1 Å². The molecule has 1 aromatic carbocycles. The van der Waals surface area contributed by atoms with Crippen molar-refractivity contribution >= 4 is 29.3 Å². The maximum Gasteiger partial charge on any atom is 0.339 e. The summed E-state index contributed by atoms with van der Waals surface area (Å²) in [5.41, 5.74) is 0.222. The van der Waals surface area contributed by atoms with E-state index in [0.717, 1.165) is 6.42 Å². The highest BCUT2D eigenvalue weighted by atomic mass is 35.5. The minimum Gasteiger partial charge on any atom is -0.496 e. The van der Waals surface area contributed by atoms with Crippen LogP contribution in [0.4, 0.5) is 10.5 Å². The van der Waals surface area contributed by atoms with Gasteiger partial charge in [0.1, 0.15) is 11.3 Å². The fourth-order valence-corrected chi connectivity index (χ4v) is 1.68. The zero-order chi connectivity index (χ0) is 15.3. The second-order valence-electron chi connectivity index (χ2n) is 4.25. The SMILES string of the molecule is CCC(C)NC(=O)Nc1cc(OC)c(C(=O)O)cc1Cl. The second kappa shape index (κ2) is 7.00. The van der Waals surface area contributed by atoms with E-state index in [4.69, 9.17) is 21.4 Å². The zero-order valence-corrected chi connectivity index (χ0v) is 12.2. The summed E-state index contributed by atoms with van der Waals surface area (Å²) in [5.74, 6) is -1.03. The lowest BCUT2D eigenvalue weighted by molar-refractivity contribution is 0.0693. The molecule has 1 atom stereocenters. The van der Waals surface area contributed by atoms with Gasteiger partial charge in [-0.15, -0.1) is 0 Å². The molecule has 1 rings (SSSR count). The van der Waals surface area contributed by atoms with Gasteiger partial charge in [-0.05, 0) is 19.4 Å². The van der Waals surface area contributed by atoms with Gasteiger partial charge in [0.25, 0.3) is 0 Å². The number of aromatic carboxylic acids is 1. The van der Waals surface area contributed by atoms with Crippen LogP contribution >= 0.6 is 11.6 Å². The third kappa shape index (κ3) is 4.03. The molecule has 1 unspecified atom stereocenters.